The Hall–Kier alpha value is -1.63. The summed E-state index contributed by atoms with van der Waals surface area (Å²) in [6.45, 7) is 1.73. The summed E-state index contributed by atoms with van der Waals surface area (Å²) in [6.07, 6.45) is 0.684. The van der Waals surface area contributed by atoms with Crippen LogP contribution in [0.3, 0.4) is 0 Å². The van der Waals surface area contributed by atoms with E-state index in [-0.39, 0.29) is 17.7 Å². The number of fused-ring (bicyclic) bond motifs is 1. The van der Waals surface area contributed by atoms with Crippen LogP contribution in [0.4, 0.5) is 4.39 Å². The quantitative estimate of drug-likeness (QED) is 0.767. The Kier molecular flexibility index (Phi) is 2.70. The predicted octanol–water partition coefficient (Wildman–Crippen LogP) is 0.0115. The lowest BCUT2D eigenvalue weighted by atomic mass is 10.1. The number of ether oxygens (including phenoxy) is 1. The van der Waals surface area contributed by atoms with Gasteiger partial charge >= 0.3 is 0 Å². The molecule has 0 aromatic carbocycles. The predicted molar refractivity (Wildman–Crippen MR) is 58.8 cm³/mol. The zero-order valence-corrected chi connectivity index (χ0v) is 9.80. The van der Waals surface area contributed by atoms with Gasteiger partial charge in [-0.3, -0.25) is 4.79 Å². The highest BCUT2D eigenvalue weighted by Gasteiger charge is 2.31. The van der Waals surface area contributed by atoms with Crippen LogP contribution in [0.25, 0.3) is 0 Å². The zero-order valence-electron chi connectivity index (χ0n) is 9.80. The fraction of sp³-hybridized carbons (Fsp3) is 0.636. The van der Waals surface area contributed by atoms with Gasteiger partial charge in [-0.1, -0.05) is 0 Å². The number of aliphatic hydroxyl groups excluding tert-OH is 1. The highest BCUT2D eigenvalue weighted by atomic mass is 19.1. The van der Waals surface area contributed by atoms with E-state index in [1.807, 2.05) is 0 Å². The Balaban J connectivity index is 1.80. The van der Waals surface area contributed by atoms with Crippen molar-refractivity contribution >= 4 is 5.91 Å². The molecule has 6 nitrogen and oxygen atoms in total. The smallest absolute Gasteiger partial charge is 0.277 e. The van der Waals surface area contributed by atoms with Crippen LogP contribution in [0.1, 0.15) is 23.3 Å². The molecule has 0 spiro atoms. The van der Waals surface area contributed by atoms with E-state index in [1.54, 1.807) is 0 Å². The van der Waals surface area contributed by atoms with Crippen molar-refractivity contribution in [1.82, 2.24) is 14.7 Å². The van der Waals surface area contributed by atoms with Gasteiger partial charge in [-0.15, -0.1) is 0 Å². The normalized spacial score (nSPS) is 19.8. The third-order valence-electron chi connectivity index (χ3n) is 3.35. The molecule has 0 atom stereocenters. The standard InChI is InChI=1S/C11H14FN3O3/c12-8-9(13-15-5-6-18-11(8)15)10(17)14-3-1-7(16)2-4-14/h7,16H,1-6H2. The lowest BCUT2D eigenvalue weighted by molar-refractivity contribution is 0.0536. The minimum Gasteiger partial charge on any atom is -0.474 e. The SMILES string of the molecule is O=C(c1nn2c(c1F)OCC2)N1CCC(O)CC1. The number of likely N-dealkylation sites (tertiary alicyclic amines) is 1. The summed E-state index contributed by atoms with van der Waals surface area (Å²) in [4.78, 5) is 13.6. The van der Waals surface area contributed by atoms with E-state index in [4.69, 9.17) is 4.74 Å². The van der Waals surface area contributed by atoms with Crippen LogP contribution in [0, 0.1) is 5.82 Å². The molecule has 0 aliphatic carbocycles. The second-order valence-electron chi connectivity index (χ2n) is 4.56. The van der Waals surface area contributed by atoms with Crippen molar-refractivity contribution in [2.24, 2.45) is 0 Å². The lowest BCUT2D eigenvalue weighted by Crippen LogP contribution is -2.40. The van der Waals surface area contributed by atoms with Crippen molar-refractivity contribution in [1.29, 1.82) is 0 Å². The Bertz CT molecular complexity index is 480. The molecule has 2 aliphatic rings. The van der Waals surface area contributed by atoms with Crippen LogP contribution in [-0.2, 0) is 6.54 Å². The van der Waals surface area contributed by atoms with Crippen LogP contribution < -0.4 is 4.74 Å². The number of aromatic nitrogens is 2. The molecule has 1 aromatic heterocycles. The van der Waals surface area contributed by atoms with Crippen molar-refractivity contribution in [2.45, 2.75) is 25.5 Å². The van der Waals surface area contributed by atoms with Gasteiger partial charge in [0.2, 0.25) is 11.7 Å². The maximum atomic E-state index is 13.9. The average molecular weight is 255 g/mol. The van der Waals surface area contributed by atoms with Crippen LogP contribution in [0.15, 0.2) is 0 Å². The summed E-state index contributed by atoms with van der Waals surface area (Å²) in [5.41, 5.74) is -0.180. The first-order valence-corrected chi connectivity index (χ1v) is 6.03. The maximum absolute atomic E-state index is 13.9. The lowest BCUT2D eigenvalue weighted by Gasteiger charge is -2.28. The molecule has 7 heteroatoms. The van der Waals surface area contributed by atoms with Gasteiger partial charge in [-0.05, 0) is 12.8 Å². The van der Waals surface area contributed by atoms with Crippen LogP contribution in [0.2, 0.25) is 0 Å². The van der Waals surface area contributed by atoms with Gasteiger partial charge in [0.25, 0.3) is 5.91 Å². The van der Waals surface area contributed by atoms with Gasteiger partial charge < -0.3 is 14.7 Å². The average Bonchev–Trinajstić information content (AvgIpc) is 2.93. The highest BCUT2D eigenvalue weighted by Crippen LogP contribution is 2.26. The number of halogens is 1. The first kappa shape index (κ1) is 11.5. The second kappa shape index (κ2) is 4.24. The second-order valence-corrected chi connectivity index (χ2v) is 4.56. The highest BCUT2D eigenvalue weighted by molar-refractivity contribution is 5.93. The third-order valence-corrected chi connectivity index (χ3v) is 3.35. The van der Waals surface area contributed by atoms with Crippen LogP contribution in [-0.4, -0.2) is 51.5 Å². The molecule has 1 N–H and O–H groups in total. The van der Waals surface area contributed by atoms with Crippen molar-refractivity contribution < 1.29 is 19.0 Å². The van der Waals surface area contributed by atoms with Gasteiger partial charge in [0.05, 0.1) is 12.6 Å². The molecule has 98 valence electrons. The number of carbonyl (C=O) groups excluding carboxylic acids is 1. The molecule has 0 unspecified atom stereocenters. The molecule has 0 saturated carbocycles. The molecule has 2 aliphatic heterocycles. The minimum atomic E-state index is -0.677. The number of amides is 1. The number of nitrogens with zero attached hydrogens (tertiary/aromatic N) is 3. The molecule has 1 aromatic rings. The summed E-state index contributed by atoms with van der Waals surface area (Å²) in [5.74, 6) is -1.05. The van der Waals surface area contributed by atoms with E-state index in [0.717, 1.165) is 0 Å². The fourth-order valence-electron chi connectivity index (χ4n) is 2.30. The van der Waals surface area contributed by atoms with E-state index in [0.29, 0.717) is 39.1 Å². The molecule has 3 rings (SSSR count). The number of rotatable bonds is 1. The third kappa shape index (κ3) is 1.74. The Morgan fingerprint density at radius 1 is 1.39 bits per heavy atom. The van der Waals surface area contributed by atoms with E-state index in [2.05, 4.69) is 5.10 Å². The molecule has 3 heterocycles. The van der Waals surface area contributed by atoms with Crippen LogP contribution in [0.5, 0.6) is 5.88 Å². The molecule has 0 radical (unpaired) electrons. The van der Waals surface area contributed by atoms with Crippen molar-refractivity contribution in [3.63, 3.8) is 0 Å². The topological polar surface area (TPSA) is 67.6 Å². The first-order valence-electron chi connectivity index (χ1n) is 6.03. The minimum absolute atomic E-state index is 0.0513. The van der Waals surface area contributed by atoms with Gasteiger partial charge in [-0.2, -0.15) is 9.49 Å². The zero-order chi connectivity index (χ0) is 12.7. The van der Waals surface area contributed by atoms with Crippen molar-refractivity contribution in [3.8, 4) is 5.88 Å². The molecule has 1 saturated heterocycles. The number of hydrogen-bond donors (Lipinski definition) is 1. The van der Waals surface area contributed by atoms with E-state index in [9.17, 15) is 14.3 Å². The summed E-state index contributed by atoms with van der Waals surface area (Å²) in [7, 11) is 0. The first-order chi connectivity index (χ1) is 8.66. The molecule has 1 fully saturated rings. The summed E-state index contributed by atoms with van der Waals surface area (Å²) in [6, 6.07) is 0. The summed E-state index contributed by atoms with van der Waals surface area (Å²) >= 11 is 0. The van der Waals surface area contributed by atoms with E-state index < -0.39 is 11.7 Å². The molecular weight excluding hydrogens is 241 g/mol. The van der Waals surface area contributed by atoms with Crippen molar-refractivity contribution in [2.75, 3.05) is 19.7 Å². The number of aliphatic hydroxyl groups is 1. The number of carbonyl (C=O) groups is 1. The van der Waals surface area contributed by atoms with Gasteiger partial charge in [0, 0.05) is 13.1 Å². The van der Waals surface area contributed by atoms with Crippen LogP contribution >= 0.6 is 0 Å². The van der Waals surface area contributed by atoms with Gasteiger partial charge in [0.1, 0.15) is 6.61 Å². The number of piperidine rings is 1. The molecular formula is C11H14FN3O3. The van der Waals surface area contributed by atoms with Gasteiger partial charge in [0.15, 0.2) is 5.69 Å². The van der Waals surface area contributed by atoms with E-state index in [1.165, 1.54) is 9.58 Å². The van der Waals surface area contributed by atoms with Crippen molar-refractivity contribution in [3.05, 3.63) is 11.5 Å². The Morgan fingerprint density at radius 3 is 2.78 bits per heavy atom. The van der Waals surface area contributed by atoms with E-state index >= 15 is 0 Å². The Morgan fingerprint density at radius 2 is 2.11 bits per heavy atom. The summed E-state index contributed by atoms with van der Waals surface area (Å²) in [5, 5.41) is 13.3. The summed E-state index contributed by atoms with van der Waals surface area (Å²) < 4.78 is 20.4. The number of hydrogen-bond acceptors (Lipinski definition) is 4. The van der Waals surface area contributed by atoms with Gasteiger partial charge in [-0.25, -0.2) is 4.68 Å². The molecule has 0 bridgehead atoms. The largest absolute Gasteiger partial charge is 0.474 e. The fourth-order valence-corrected chi connectivity index (χ4v) is 2.30. The maximum Gasteiger partial charge on any atom is 0.277 e. The Labute approximate surface area is 103 Å². The molecule has 18 heavy (non-hydrogen) atoms. The molecule has 1 amide bonds. The monoisotopic (exact) mass is 255 g/mol.